The second kappa shape index (κ2) is 7.62. The van der Waals surface area contributed by atoms with E-state index in [0.717, 1.165) is 10.6 Å². The summed E-state index contributed by atoms with van der Waals surface area (Å²) in [5.41, 5.74) is 1.71. The normalized spacial score (nSPS) is 10.2. The molecule has 0 unspecified atom stereocenters. The van der Waals surface area contributed by atoms with Gasteiger partial charge in [0, 0.05) is 13.5 Å². The summed E-state index contributed by atoms with van der Waals surface area (Å²) in [5.74, 6) is -0.172. The van der Waals surface area contributed by atoms with Crippen LogP contribution in [0.2, 0.25) is 0 Å². The van der Waals surface area contributed by atoms with Gasteiger partial charge in [-0.15, -0.1) is 0 Å². The third-order valence-corrected chi connectivity index (χ3v) is 3.16. The van der Waals surface area contributed by atoms with Gasteiger partial charge in [-0.25, -0.2) is 5.06 Å². The number of carbonyl (C=O) groups is 1. The Balaban J connectivity index is 1.82. The molecule has 5 heteroatoms. The Labute approximate surface area is 125 Å². The average molecular weight is 283 g/mol. The fraction of sp³-hybridized carbons (Fsp3) is 0.188. The fourth-order valence-electron chi connectivity index (χ4n) is 1.94. The van der Waals surface area contributed by atoms with Gasteiger partial charge in [0.25, 0.3) is 0 Å². The van der Waals surface area contributed by atoms with Crippen LogP contribution in [-0.2, 0) is 16.0 Å². The first-order chi connectivity index (χ1) is 10.2. The van der Waals surface area contributed by atoms with E-state index in [1.165, 1.54) is 7.05 Å². The summed E-state index contributed by atoms with van der Waals surface area (Å²) in [6.45, 7) is 0. The van der Waals surface area contributed by atoms with Crippen molar-refractivity contribution in [3.8, 4) is 0 Å². The predicted octanol–water partition coefficient (Wildman–Crippen LogP) is 1.40. The van der Waals surface area contributed by atoms with E-state index in [-0.39, 0.29) is 5.91 Å². The Morgan fingerprint density at radius 1 is 1.10 bits per heavy atom. The molecule has 0 bridgehead atoms. The molecule has 1 N–H and O–H groups in total. The maximum absolute atomic E-state index is 12.0. The van der Waals surface area contributed by atoms with Crippen molar-refractivity contribution in [2.75, 3.05) is 7.05 Å². The molecule has 2 aromatic rings. The molecule has 21 heavy (non-hydrogen) atoms. The molecule has 1 amide bonds. The molecule has 0 aliphatic rings. The van der Waals surface area contributed by atoms with Crippen LogP contribution in [0.1, 0.15) is 12.0 Å². The molecule has 0 spiro atoms. The molecule has 0 fully saturated rings. The minimum atomic E-state index is -1.14. The van der Waals surface area contributed by atoms with E-state index in [0.29, 0.717) is 18.3 Å². The topological polar surface area (TPSA) is 49.8 Å². The molecule has 0 aromatic heterocycles. The summed E-state index contributed by atoms with van der Waals surface area (Å²) in [5, 5.41) is 11.0. The number of nitrogens with zero attached hydrogens (tertiary/aromatic N) is 1. The van der Waals surface area contributed by atoms with Crippen LogP contribution in [0.5, 0.6) is 0 Å². The molecular weight excluding hydrogens is 265 g/mol. The van der Waals surface area contributed by atoms with Crippen molar-refractivity contribution in [3.63, 3.8) is 0 Å². The standard InChI is InChI=1S/C16H18BNO3/c1-18(21-17(20)15-10-6-3-7-11-15)16(19)13-12-14-8-4-2-5-9-14/h2-11,20H,12-13H2,1H3. The first-order valence-corrected chi connectivity index (χ1v) is 6.87. The molecule has 4 nitrogen and oxygen atoms in total. The van der Waals surface area contributed by atoms with E-state index < -0.39 is 7.12 Å². The van der Waals surface area contributed by atoms with Gasteiger partial charge in [0.1, 0.15) is 0 Å². The highest BCUT2D eigenvalue weighted by Gasteiger charge is 2.21. The summed E-state index contributed by atoms with van der Waals surface area (Å²) in [6, 6.07) is 18.7. The van der Waals surface area contributed by atoms with Gasteiger partial charge in [-0.2, -0.15) is 0 Å². The van der Waals surface area contributed by atoms with E-state index in [1.807, 2.05) is 36.4 Å². The number of aryl methyl sites for hydroxylation is 1. The van der Waals surface area contributed by atoms with Gasteiger partial charge in [-0.1, -0.05) is 60.7 Å². The number of hydrogen-bond acceptors (Lipinski definition) is 3. The first kappa shape index (κ1) is 15.3. The van der Waals surface area contributed by atoms with Gasteiger partial charge in [0.2, 0.25) is 5.91 Å². The largest absolute Gasteiger partial charge is 0.514 e. The fourth-order valence-corrected chi connectivity index (χ4v) is 1.94. The average Bonchev–Trinajstić information content (AvgIpc) is 2.54. The minimum Gasteiger partial charge on any atom is -0.422 e. The monoisotopic (exact) mass is 283 g/mol. The molecule has 0 aliphatic carbocycles. The lowest BCUT2D eigenvalue weighted by Crippen LogP contribution is -2.41. The summed E-state index contributed by atoms with van der Waals surface area (Å²) >= 11 is 0. The summed E-state index contributed by atoms with van der Waals surface area (Å²) < 4.78 is 5.23. The van der Waals surface area contributed by atoms with E-state index in [9.17, 15) is 9.82 Å². The molecule has 2 rings (SSSR count). The van der Waals surface area contributed by atoms with Crippen LogP contribution in [0.4, 0.5) is 0 Å². The number of hydroxylamine groups is 2. The summed E-state index contributed by atoms with van der Waals surface area (Å²) in [4.78, 5) is 12.0. The van der Waals surface area contributed by atoms with Gasteiger partial charge in [-0.05, 0) is 17.4 Å². The summed E-state index contributed by atoms with van der Waals surface area (Å²) in [6.07, 6.45) is 0.983. The van der Waals surface area contributed by atoms with Gasteiger partial charge in [0.05, 0.1) is 0 Å². The van der Waals surface area contributed by atoms with Crippen LogP contribution in [0.25, 0.3) is 0 Å². The Kier molecular flexibility index (Phi) is 5.55. The zero-order valence-electron chi connectivity index (χ0n) is 12.0. The highest BCUT2D eigenvalue weighted by molar-refractivity contribution is 6.59. The molecule has 0 saturated heterocycles. The molecule has 0 atom stereocenters. The lowest BCUT2D eigenvalue weighted by atomic mass is 9.80. The van der Waals surface area contributed by atoms with Crippen LogP contribution in [0.3, 0.4) is 0 Å². The van der Waals surface area contributed by atoms with Gasteiger partial charge >= 0.3 is 7.12 Å². The van der Waals surface area contributed by atoms with Gasteiger partial charge < -0.3 is 5.02 Å². The number of benzene rings is 2. The SMILES string of the molecule is CN(OB(O)c1ccccc1)C(=O)CCc1ccccc1. The van der Waals surface area contributed by atoms with Gasteiger partial charge in [0.15, 0.2) is 0 Å². The zero-order chi connectivity index (χ0) is 15.1. The molecule has 0 saturated carbocycles. The molecular formula is C16H18BNO3. The molecule has 0 aliphatic heterocycles. The third kappa shape index (κ3) is 4.74. The molecule has 0 heterocycles. The van der Waals surface area contributed by atoms with Crippen LogP contribution >= 0.6 is 0 Å². The van der Waals surface area contributed by atoms with Crippen LogP contribution in [0.15, 0.2) is 60.7 Å². The maximum Gasteiger partial charge on any atom is 0.514 e. The number of hydrogen-bond donors (Lipinski definition) is 1. The number of rotatable bonds is 6. The summed E-state index contributed by atoms with van der Waals surface area (Å²) in [7, 11) is 0.372. The second-order valence-electron chi connectivity index (χ2n) is 4.75. The van der Waals surface area contributed by atoms with Crippen molar-refractivity contribution >= 4 is 18.5 Å². The Bertz CT molecular complexity index is 562. The molecule has 108 valence electrons. The quantitative estimate of drug-likeness (QED) is 0.644. The maximum atomic E-state index is 12.0. The Morgan fingerprint density at radius 3 is 2.29 bits per heavy atom. The van der Waals surface area contributed by atoms with Crippen LogP contribution < -0.4 is 5.46 Å². The molecule has 0 radical (unpaired) electrons. The number of carbonyl (C=O) groups excluding carboxylic acids is 1. The van der Waals surface area contributed by atoms with Crippen molar-refractivity contribution in [2.24, 2.45) is 0 Å². The lowest BCUT2D eigenvalue weighted by Gasteiger charge is -2.19. The lowest BCUT2D eigenvalue weighted by molar-refractivity contribution is -0.155. The van der Waals surface area contributed by atoms with E-state index >= 15 is 0 Å². The van der Waals surface area contributed by atoms with Crippen molar-refractivity contribution in [3.05, 3.63) is 66.2 Å². The smallest absolute Gasteiger partial charge is 0.422 e. The van der Waals surface area contributed by atoms with E-state index in [2.05, 4.69) is 0 Å². The van der Waals surface area contributed by atoms with E-state index in [1.54, 1.807) is 24.3 Å². The Morgan fingerprint density at radius 2 is 1.67 bits per heavy atom. The first-order valence-electron chi connectivity index (χ1n) is 6.87. The molecule has 2 aromatic carbocycles. The second-order valence-corrected chi connectivity index (χ2v) is 4.75. The number of amides is 1. The highest BCUT2D eigenvalue weighted by atomic mass is 16.7. The minimum absolute atomic E-state index is 0.172. The van der Waals surface area contributed by atoms with E-state index in [4.69, 9.17) is 4.76 Å². The third-order valence-electron chi connectivity index (χ3n) is 3.16. The van der Waals surface area contributed by atoms with Crippen molar-refractivity contribution in [2.45, 2.75) is 12.8 Å². The van der Waals surface area contributed by atoms with Crippen molar-refractivity contribution < 1.29 is 14.6 Å². The zero-order valence-corrected chi connectivity index (χ0v) is 12.0. The van der Waals surface area contributed by atoms with Crippen molar-refractivity contribution in [1.29, 1.82) is 0 Å². The van der Waals surface area contributed by atoms with Crippen molar-refractivity contribution in [1.82, 2.24) is 5.06 Å². The predicted molar refractivity (Wildman–Crippen MR) is 82.7 cm³/mol. The van der Waals surface area contributed by atoms with Crippen LogP contribution in [-0.4, -0.2) is 30.2 Å². The highest BCUT2D eigenvalue weighted by Crippen LogP contribution is 2.04. The van der Waals surface area contributed by atoms with Gasteiger partial charge in [-0.3, -0.25) is 9.55 Å². The van der Waals surface area contributed by atoms with Crippen LogP contribution in [0, 0.1) is 0 Å². The Hall–Kier alpha value is -2.11.